The molecule has 1 N–H and O–H groups in total. The normalized spacial score (nSPS) is 11.6. The second-order valence-corrected chi connectivity index (χ2v) is 12.4. The van der Waals surface area contributed by atoms with E-state index in [1.54, 1.807) is 12.1 Å². The summed E-state index contributed by atoms with van der Waals surface area (Å²) in [7, 11) is -2.27. The summed E-state index contributed by atoms with van der Waals surface area (Å²) in [6.07, 6.45) is 1.86. The number of nitrogens with zero attached hydrogens (tertiary/aromatic N) is 1. The van der Waals surface area contributed by atoms with E-state index in [1.807, 2.05) is 12.3 Å². The summed E-state index contributed by atoms with van der Waals surface area (Å²) >= 11 is 12.3. The first-order valence-electron chi connectivity index (χ1n) is 11.5. The van der Waals surface area contributed by atoms with Gasteiger partial charge in [0, 0.05) is 11.8 Å². The standard InChI is InChI=1S/C31H22Cl2NOP/c32-28-20-24(21-29(33)31(28)35)34-22-23-12-10-11-19-30(23)36(25-13-4-1-5-14-25,26-15-6-2-7-16-26)27-17-8-3-9-18-27/h1-22H/p+1. The molecule has 2 nitrogen and oxygen atoms in total. The van der Waals surface area contributed by atoms with Gasteiger partial charge in [0.25, 0.3) is 0 Å². The van der Waals surface area contributed by atoms with E-state index < -0.39 is 7.26 Å². The van der Waals surface area contributed by atoms with Crippen molar-refractivity contribution in [2.45, 2.75) is 0 Å². The van der Waals surface area contributed by atoms with Gasteiger partial charge in [-0.1, -0.05) is 89.9 Å². The molecule has 5 aromatic carbocycles. The lowest BCUT2D eigenvalue weighted by Crippen LogP contribution is -2.40. The Morgan fingerprint density at radius 3 is 1.47 bits per heavy atom. The molecule has 0 aliphatic heterocycles. The molecule has 176 valence electrons. The van der Waals surface area contributed by atoms with Crippen LogP contribution in [0, 0.1) is 0 Å². The smallest absolute Gasteiger partial charge is 0.152 e. The molecule has 0 aliphatic rings. The second-order valence-electron chi connectivity index (χ2n) is 8.25. The van der Waals surface area contributed by atoms with E-state index >= 15 is 0 Å². The molecule has 0 spiro atoms. The van der Waals surface area contributed by atoms with Crippen LogP contribution < -0.4 is 21.2 Å². The van der Waals surface area contributed by atoms with Crippen molar-refractivity contribution in [2.24, 2.45) is 4.99 Å². The maximum Gasteiger partial charge on any atom is 0.152 e. The highest BCUT2D eigenvalue weighted by Gasteiger charge is 2.48. The Balaban J connectivity index is 1.79. The Hall–Kier alpha value is -3.42. The van der Waals surface area contributed by atoms with E-state index in [9.17, 15) is 5.11 Å². The number of hydrogen-bond donors (Lipinski definition) is 1. The van der Waals surface area contributed by atoms with Gasteiger partial charge in [-0.3, -0.25) is 4.99 Å². The van der Waals surface area contributed by atoms with E-state index in [4.69, 9.17) is 28.2 Å². The van der Waals surface area contributed by atoms with Crippen molar-refractivity contribution >= 4 is 63.6 Å². The third-order valence-corrected chi connectivity index (χ3v) is 11.0. The van der Waals surface area contributed by atoms with Gasteiger partial charge in [-0.2, -0.15) is 0 Å². The lowest BCUT2D eigenvalue weighted by Gasteiger charge is -2.28. The molecule has 0 atom stereocenters. The van der Waals surface area contributed by atoms with E-state index in [1.165, 1.54) is 21.2 Å². The van der Waals surface area contributed by atoms with Crippen molar-refractivity contribution in [1.82, 2.24) is 0 Å². The summed E-state index contributed by atoms with van der Waals surface area (Å²) in [6, 6.07) is 43.8. The quantitative estimate of drug-likeness (QED) is 0.186. The van der Waals surface area contributed by atoms with E-state index in [2.05, 4.69) is 109 Å². The van der Waals surface area contributed by atoms with E-state index in [-0.39, 0.29) is 15.8 Å². The highest BCUT2D eigenvalue weighted by Crippen LogP contribution is 2.54. The molecule has 5 rings (SSSR count). The fourth-order valence-corrected chi connectivity index (χ4v) is 9.38. The largest absolute Gasteiger partial charge is 0.505 e. The van der Waals surface area contributed by atoms with Crippen LogP contribution in [0.15, 0.2) is 132 Å². The second kappa shape index (κ2) is 10.7. The zero-order valence-corrected chi connectivity index (χ0v) is 21.7. The minimum absolute atomic E-state index is 0.139. The molecule has 0 saturated heterocycles. The van der Waals surface area contributed by atoms with E-state index in [0.29, 0.717) is 5.69 Å². The van der Waals surface area contributed by atoms with Crippen LogP contribution in [0.3, 0.4) is 0 Å². The van der Waals surface area contributed by atoms with Crippen LogP contribution in [0.1, 0.15) is 5.56 Å². The van der Waals surface area contributed by atoms with Gasteiger partial charge in [-0.05, 0) is 60.7 Å². The monoisotopic (exact) mass is 526 g/mol. The van der Waals surface area contributed by atoms with Gasteiger partial charge in [0.2, 0.25) is 0 Å². The third-order valence-electron chi connectivity index (χ3n) is 6.08. The lowest BCUT2D eigenvalue weighted by molar-refractivity contribution is 0.476. The Kier molecular flexibility index (Phi) is 7.20. The van der Waals surface area contributed by atoms with Crippen molar-refractivity contribution in [2.75, 3.05) is 0 Å². The molecule has 0 aliphatic carbocycles. The van der Waals surface area contributed by atoms with Crippen molar-refractivity contribution < 1.29 is 5.11 Å². The zero-order valence-electron chi connectivity index (χ0n) is 19.3. The predicted octanol–water partition coefficient (Wildman–Crippen LogP) is 7.07. The minimum Gasteiger partial charge on any atom is -0.505 e. The van der Waals surface area contributed by atoms with Crippen LogP contribution in [-0.4, -0.2) is 11.3 Å². The van der Waals surface area contributed by atoms with Gasteiger partial charge in [-0.15, -0.1) is 0 Å². The average molecular weight is 527 g/mol. The number of halogens is 2. The number of aromatic hydroxyl groups is 1. The molecule has 0 radical (unpaired) electrons. The van der Waals surface area contributed by atoms with Gasteiger partial charge in [0.1, 0.15) is 28.5 Å². The van der Waals surface area contributed by atoms with Crippen LogP contribution in [0.4, 0.5) is 5.69 Å². The van der Waals surface area contributed by atoms with Gasteiger partial charge in [0.15, 0.2) is 5.75 Å². The van der Waals surface area contributed by atoms with Crippen LogP contribution in [0.2, 0.25) is 10.0 Å². The molecular weight excluding hydrogens is 504 g/mol. The molecule has 0 heterocycles. The van der Waals surface area contributed by atoms with Crippen molar-refractivity contribution in [3.63, 3.8) is 0 Å². The maximum atomic E-state index is 9.93. The average Bonchev–Trinajstić information content (AvgIpc) is 2.93. The van der Waals surface area contributed by atoms with Gasteiger partial charge >= 0.3 is 0 Å². The Labute approximate surface area is 221 Å². The number of benzene rings is 5. The number of hydrogen-bond acceptors (Lipinski definition) is 2. The minimum atomic E-state index is -2.27. The van der Waals surface area contributed by atoms with Gasteiger partial charge < -0.3 is 5.11 Å². The molecule has 0 bridgehead atoms. The maximum absolute atomic E-state index is 9.93. The molecule has 5 aromatic rings. The molecule has 0 aromatic heterocycles. The molecule has 5 heteroatoms. The summed E-state index contributed by atoms with van der Waals surface area (Å²) in [6.45, 7) is 0. The molecule has 0 amide bonds. The van der Waals surface area contributed by atoms with Crippen LogP contribution in [-0.2, 0) is 0 Å². The molecule has 0 saturated carbocycles. The summed E-state index contributed by atoms with van der Waals surface area (Å²) in [5, 5.41) is 15.3. The topological polar surface area (TPSA) is 32.6 Å². The van der Waals surface area contributed by atoms with Crippen molar-refractivity contribution in [3.05, 3.63) is 143 Å². The molecule has 0 fully saturated rings. The summed E-state index contributed by atoms with van der Waals surface area (Å²) in [5.41, 5.74) is 1.57. The highest BCUT2D eigenvalue weighted by molar-refractivity contribution is 8.01. The Bertz CT molecular complexity index is 1390. The highest BCUT2D eigenvalue weighted by atomic mass is 35.5. The van der Waals surface area contributed by atoms with Crippen molar-refractivity contribution in [3.8, 4) is 5.75 Å². The molecule has 36 heavy (non-hydrogen) atoms. The number of phenols is 1. The third kappa shape index (κ3) is 4.56. The van der Waals surface area contributed by atoms with E-state index in [0.717, 1.165) is 5.56 Å². The summed E-state index contributed by atoms with van der Waals surface area (Å²) in [5.74, 6) is -0.139. The molecule has 0 unspecified atom stereocenters. The first-order valence-corrected chi connectivity index (χ1v) is 14.0. The van der Waals surface area contributed by atoms with Crippen LogP contribution in [0.25, 0.3) is 0 Å². The summed E-state index contributed by atoms with van der Waals surface area (Å²) < 4.78 is 0. The SMILES string of the molecule is Oc1c(Cl)cc(N=Cc2ccccc2[P+](c2ccccc2)(c2ccccc2)c2ccccc2)cc1Cl. The fraction of sp³-hybridized carbons (Fsp3) is 0. The van der Waals surface area contributed by atoms with Crippen LogP contribution in [0.5, 0.6) is 5.75 Å². The van der Waals surface area contributed by atoms with Gasteiger partial charge in [0.05, 0.1) is 15.7 Å². The van der Waals surface area contributed by atoms with Crippen LogP contribution >= 0.6 is 30.5 Å². The number of rotatable bonds is 6. The number of phenolic OH excluding ortho intramolecular Hbond substituents is 1. The Morgan fingerprint density at radius 1 is 0.583 bits per heavy atom. The predicted molar refractivity (Wildman–Crippen MR) is 157 cm³/mol. The summed E-state index contributed by atoms with van der Waals surface area (Å²) in [4.78, 5) is 4.71. The lowest BCUT2D eigenvalue weighted by atomic mass is 10.2. The fourth-order valence-electron chi connectivity index (χ4n) is 4.49. The van der Waals surface area contributed by atoms with Crippen molar-refractivity contribution in [1.29, 1.82) is 0 Å². The molecular formula is C31H23Cl2NOP+. The zero-order chi connectivity index (χ0) is 25.0. The first kappa shape index (κ1) is 24.3. The Morgan fingerprint density at radius 2 is 1.00 bits per heavy atom. The first-order chi connectivity index (χ1) is 17.6. The number of aliphatic imine (C=N–C) groups is 1. The van der Waals surface area contributed by atoms with Gasteiger partial charge in [-0.25, -0.2) is 0 Å².